The molecule has 1 aromatic heterocycles. The van der Waals surface area contributed by atoms with Gasteiger partial charge in [0.25, 0.3) is 11.8 Å². The first-order valence-electron chi connectivity index (χ1n) is 10.1. The summed E-state index contributed by atoms with van der Waals surface area (Å²) in [5.41, 5.74) is 2.28. The van der Waals surface area contributed by atoms with E-state index in [1.165, 1.54) is 29.2 Å². The van der Waals surface area contributed by atoms with Crippen LogP contribution in [-0.4, -0.2) is 43.7 Å². The maximum Gasteiger partial charge on any atom is 0.258 e. The van der Waals surface area contributed by atoms with E-state index in [9.17, 15) is 18.8 Å². The Hall–Kier alpha value is -4.08. The molecule has 1 fully saturated rings. The number of ether oxygens (including phenoxy) is 1. The fourth-order valence-electron chi connectivity index (χ4n) is 3.94. The van der Waals surface area contributed by atoms with E-state index in [1.54, 1.807) is 16.9 Å². The second-order valence-electron chi connectivity index (χ2n) is 7.70. The van der Waals surface area contributed by atoms with E-state index < -0.39 is 11.9 Å². The van der Waals surface area contributed by atoms with Gasteiger partial charge < -0.3 is 9.64 Å². The second kappa shape index (κ2) is 7.88. The van der Waals surface area contributed by atoms with Crippen LogP contribution in [0.3, 0.4) is 0 Å². The van der Waals surface area contributed by atoms with Gasteiger partial charge in [0.15, 0.2) is 0 Å². The van der Waals surface area contributed by atoms with Gasteiger partial charge in [-0.1, -0.05) is 22.4 Å². The molecule has 2 aliphatic heterocycles. The summed E-state index contributed by atoms with van der Waals surface area (Å²) in [6.07, 6.45) is 2.17. The molecule has 162 valence electrons. The van der Waals surface area contributed by atoms with E-state index in [-0.39, 0.29) is 29.9 Å². The molecule has 1 atom stereocenters. The Bertz CT molecular complexity index is 1220. The molecule has 0 bridgehead atoms. The highest BCUT2D eigenvalue weighted by atomic mass is 19.1. The zero-order valence-electron chi connectivity index (χ0n) is 16.8. The smallest absolute Gasteiger partial charge is 0.258 e. The van der Waals surface area contributed by atoms with E-state index in [0.717, 1.165) is 11.1 Å². The van der Waals surface area contributed by atoms with Crippen LogP contribution in [0.2, 0.25) is 0 Å². The van der Waals surface area contributed by atoms with Gasteiger partial charge in [-0.3, -0.25) is 19.7 Å². The molecule has 0 aliphatic carbocycles. The number of nitrogens with one attached hydrogen (secondary N) is 1. The van der Waals surface area contributed by atoms with Gasteiger partial charge in [-0.05, 0) is 47.9 Å². The molecule has 3 amide bonds. The van der Waals surface area contributed by atoms with Gasteiger partial charge in [0, 0.05) is 18.5 Å². The van der Waals surface area contributed by atoms with Crippen molar-refractivity contribution in [1.29, 1.82) is 0 Å². The highest BCUT2D eigenvalue weighted by molar-refractivity contribution is 6.05. The first-order chi connectivity index (χ1) is 15.5. The zero-order valence-corrected chi connectivity index (χ0v) is 16.8. The molecule has 1 N–H and O–H groups in total. The standard InChI is InChI=1S/C22H18FN5O4/c23-15-2-4-16(5-3-15)32-20-12-27(26-25-20)10-13-1-6-17-14(9-13)11-28(22(17)31)18-7-8-19(29)24-21(18)30/h1-6,9,12,18H,7-8,10-11H2,(H,24,29,30). The third-order valence-corrected chi connectivity index (χ3v) is 5.49. The van der Waals surface area contributed by atoms with E-state index in [0.29, 0.717) is 30.8 Å². The van der Waals surface area contributed by atoms with Crippen molar-refractivity contribution in [2.45, 2.75) is 32.0 Å². The van der Waals surface area contributed by atoms with Gasteiger partial charge in [-0.15, -0.1) is 0 Å². The van der Waals surface area contributed by atoms with Crippen molar-refractivity contribution < 1.29 is 23.5 Å². The quantitative estimate of drug-likeness (QED) is 0.615. The summed E-state index contributed by atoms with van der Waals surface area (Å²) in [5, 5.41) is 10.3. The van der Waals surface area contributed by atoms with Gasteiger partial charge >= 0.3 is 0 Å². The van der Waals surface area contributed by atoms with E-state index in [2.05, 4.69) is 15.6 Å². The van der Waals surface area contributed by atoms with Crippen molar-refractivity contribution in [3.63, 3.8) is 0 Å². The lowest BCUT2D eigenvalue weighted by atomic mass is 10.0. The number of imide groups is 1. The van der Waals surface area contributed by atoms with Crippen LogP contribution >= 0.6 is 0 Å². The molecule has 9 nitrogen and oxygen atoms in total. The van der Waals surface area contributed by atoms with Crippen LogP contribution in [0, 0.1) is 5.82 Å². The third kappa shape index (κ3) is 3.82. The Balaban J connectivity index is 1.27. The molecule has 0 spiro atoms. The summed E-state index contributed by atoms with van der Waals surface area (Å²) in [7, 11) is 0. The van der Waals surface area contributed by atoms with Crippen molar-refractivity contribution in [2.75, 3.05) is 0 Å². The molecule has 1 unspecified atom stereocenters. The number of aromatic nitrogens is 3. The summed E-state index contributed by atoms with van der Waals surface area (Å²) >= 11 is 0. The predicted molar refractivity (Wildman–Crippen MR) is 108 cm³/mol. The number of carbonyl (C=O) groups excluding carboxylic acids is 3. The number of hydrogen-bond acceptors (Lipinski definition) is 6. The van der Waals surface area contributed by atoms with Crippen LogP contribution in [0.15, 0.2) is 48.7 Å². The van der Waals surface area contributed by atoms with E-state index in [4.69, 9.17) is 4.74 Å². The van der Waals surface area contributed by atoms with Crippen LogP contribution in [-0.2, 0) is 22.7 Å². The minimum absolute atomic E-state index is 0.211. The van der Waals surface area contributed by atoms with Crippen molar-refractivity contribution >= 4 is 17.7 Å². The number of fused-ring (bicyclic) bond motifs is 1. The Kier molecular flexibility index (Phi) is 4.89. The Morgan fingerprint density at radius 2 is 1.94 bits per heavy atom. The van der Waals surface area contributed by atoms with Crippen LogP contribution in [0.1, 0.15) is 34.3 Å². The summed E-state index contributed by atoms with van der Waals surface area (Å²) in [6, 6.07) is 10.4. The van der Waals surface area contributed by atoms with Crippen molar-refractivity contribution in [2.24, 2.45) is 0 Å². The number of benzene rings is 2. The number of halogens is 1. The van der Waals surface area contributed by atoms with Crippen molar-refractivity contribution in [1.82, 2.24) is 25.2 Å². The van der Waals surface area contributed by atoms with Crippen LogP contribution in [0.5, 0.6) is 11.6 Å². The average Bonchev–Trinajstić information content (AvgIpc) is 3.33. The van der Waals surface area contributed by atoms with Crippen LogP contribution < -0.4 is 10.1 Å². The molecule has 2 aromatic carbocycles. The van der Waals surface area contributed by atoms with Crippen molar-refractivity contribution in [3.8, 4) is 11.6 Å². The maximum absolute atomic E-state index is 13.0. The molecule has 0 saturated carbocycles. The molecule has 10 heteroatoms. The highest BCUT2D eigenvalue weighted by Crippen LogP contribution is 2.28. The molecule has 3 aromatic rings. The van der Waals surface area contributed by atoms with E-state index in [1.807, 2.05) is 12.1 Å². The molecule has 0 radical (unpaired) electrons. The van der Waals surface area contributed by atoms with Gasteiger partial charge in [0.05, 0.1) is 12.7 Å². The molecule has 5 rings (SSSR count). The fraction of sp³-hybridized carbons (Fsp3) is 0.227. The number of piperidine rings is 1. The zero-order chi connectivity index (χ0) is 22.2. The lowest BCUT2D eigenvalue weighted by Gasteiger charge is -2.29. The number of rotatable bonds is 5. The van der Waals surface area contributed by atoms with Gasteiger partial charge in [-0.2, -0.15) is 0 Å². The summed E-state index contributed by atoms with van der Waals surface area (Å²) in [6.45, 7) is 0.713. The van der Waals surface area contributed by atoms with Gasteiger partial charge in [-0.25, -0.2) is 9.07 Å². The SMILES string of the molecule is O=C1CCC(N2Cc3cc(Cn4cc(Oc5ccc(F)cc5)nn4)ccc3C2=O)C(=O)N1. The summed E-state index contributed by atoms with van der Waals surface area (Å²) in [4.78, 5) is 37.9. The lowest BCUT2D eigenvalue weighted by molar-refractivity contribution is -0.136. The Morgan fingerprint density at radius 1 is 1.12 bits per heavy atom. The lowest BCUT2D eigenvalue weighted by Crippen LogP contribution is -2.52. The number of hydrogen-bond donors (Lipinski definition) is 1. The monoisotopic (exact) mass is 435 g/mol. The first kappa shape index (κ1) is 19.9. The summed E-state index contributed by atoms with van der Waals surface area (Å²) in [5.74, 6) is -0.587. The molecular formula is C22H18FN5O4. The summed E-state index contributed by atoms with van der Waals surface area (Å²) < 4.78 is 20.2. The van der Waals surface area contributed by atoms with Gasteiger partial charge in [0.1, 0.15) is 17.6 Å². The number of nitrogens with zero attached hydrogens (tertiary/aromatic N) is 4. The van der Waals surface area contributed by atoms with Crippen LogP contribution in [0.25, 0.3) is 0 Å². The third-order valence-electron chi connectivity index (χ3n) is 5.49. The molecule has 2 aliphatic rings. The number of carbonyl (C=O) groups is 3. The molecule has 1 saturated heterocycles. The topological polar surface area (TPSA) is 106 Å². The molecule has 3 heterocycles. The number of amides is 3. The Morgan fingerprint density at radius 3 is 2.72 bits per heavy atom. The predicted octanol–water partition coefficient (Wildman–Crippen LogP) is 2.02. The molecular weight excluding hydrogens is 417 g/mol. The van der Waals surface area contributed by atoms with Crippen LogP contribution in [0.4, 0.5) is 4.39 Å². The highest BCUT2D eigenvalue weighted by Gasteiger charge is 2.39. The fourth-order valence-corrected chi connectivity index (χ4v) is 3.94. The minimum Gasteiger partial charge on any atom is -0.436 e. The normalized spacial score (nSPS) is 18.0. The van der Waals surface area contributed by atoms with E-state index >= 15 is 0 Å². The average molecular weight is 435 g/mol. The first-order valence-corrected chi connectivity index (χ1v) is 10.1. The van der Waals surface area contributed by atoms with Crippen molar-refractivity contribution in [3.05, 3.63) is 71.2 Å². The second-order valence-corrected chi connectivity index (χ2v) is 7.70. The Labute approximate surface area is 181 Å². The maximum atomic E-state index is 13.0. The molecule has 32 heavy (non-hydrogen) atoms. The largest absolute Gasteiger partial charge is 0.436 e. The minimum atomic E-state index is -0.641. The van der Waals surface area contributed by atoms with Gasteiger partial charge in [0.2, 0.25) is 11.8 Å².